The van der Waals surface area contributed by atoms with Gasteiger partial charge in [0.2, 0.25) is 0 Å². The van der Waals surface area contributed by atoms with E-state index in [-0.39, 0.29) is 6.61 Å². The molecule has 1 atom stereocenters. The van der Waals surface area contributed by atoms with Crippen LogP contribution < -0.4 is 9.47 Å². The summed E-state index contributed by atoms with van der Waals surface area (Å²) in [6.07, 6.45) is -0.0357. The number of nitrogens with zero attached hydrogens (tertiary/aromatic N) is 2. The van der Waals surface area contributed by atoms with Crippen LogP contribution in [0.1, 0.15) is 11.4 Å². The molecule has 1 aromatic heterocycles. The van der Waals surface area contributed by atoms with Crippen molar-refractivity contribution in [1.82, 2.24) is 9.55 Å². The second-order valence-electron chi connectivity index (χ2n) is 7.07. The van der Waals surface area contributed by atoms with Gasteiger partial charge in [-0.25, -0.2) is 4.98 Å². The van der Waals surface area contributed by atoms with Crippen LogP contribution in [-0.2, 0) is 13.0 Å². The van der Waals surface area contributed by atoms with Gasteiger partial charge in [-0.1, -0.05) is 35.9 Å². The van der Waals surface area contributed by atoms with Gasteiger partial charge in [-0.05, 0) is 54.1 Å². The number of para-hydroxylation sites is 2. The summed E-state index contributed by atoms with van der Waals surface area (Å²) in [6, 6.07) is 23.0. The van der Waals surface area contributed by atoms with Crippen LogP contribution >= 0.6 is 11.6 Å². The molecule has 3 aromatic carbocycles. The highest BCUT2D eigenvalue weighted by Crippen LogP contribution is 2.21. The summed E-state index contributed by atoms with van der Waals surface area (Å²) in [7, 11) is 1.62. The molecule has 154 valence electrons. The zero-order chi connectivity index (χ0) is 20.9. The first-order valence-corrected chi connectivity index (χ1v) is 10.1. The van der Waals surface area contributed by atoms with E-state index in [9.17, 15) is 5.11 Å². The standard InChI is InChI=1S/C24H23ClN2O3/c1-29-20-10-12-21(13-11-20)30-16-19(28)15-27-23-5-3-2-4-22(23)26-24(27)14-17-6-8-18(25)9-7-17/h2-13,19,28H,14-16H2,1H3/t19-/m1/s1. The molecule has 0 saturated carbocycles. The number of methoxy groups -OCH3 is 1. The van der Waals surface area contributed by atoms with Crippen LogP contribution in [0.2, 0.25) is 5.02 Å². The second-order valence-corrected chi connectivity index (χ2v) is 7.51. The topological polar surface area (TPSA) is 56.5 Å². The fourth-order valence-electron chi connectivity index (χ4n) is 3.38. The lowest BCUT2D eigenvalue weighted by atomic mass is 10.1. The summed E-state index contributed by atoms with van der Waals surface area (Å²) in [5.74, 6) is 2.34. The Morgan fingerprint density at radius 3 is 2.40 bits per heavy atom. The van der Waals surface area contributed by atoms with E-state index in [1.807, 2.05) is 72.8 Å². The third kappa shape index (κ3) is 4.75. The Kier molecular flexibility index (Phi) is 6.21. The van der Waals surface area contributed by atoms with Crippen LogP contribution in [0.15, 0.2) is 72.8 Å². The van der Waals surface area contributed by atoms with Crippen LogP contribution in [-0.4, -0.2) is 34.5 Å². The number of ether oxygens (including phenoxy) is 2. The zero-order valence-electron chi connectivity index (χ0n) is 16.7. The lowest BCUT2D eigenvalue weighted by Gasteiger charge is -2.16. The van der Waals surface area contributed by atoms with Gasteiger partial charge in [-0.2, -0.15) is 0 Å². The molecule has 0 bridgehead atoms. The highest BCUT2D eigenvalue weighted by atomic mass is 35.5. The fourth-order valence-corrected chi connectivity index (χ4v) is 3.50. The van der Waals surface area contributed by atoms with Gasteiger partial charge in [0.15, 0.2) is 0 Å². The van der Waals surface area contributed by atoms with Crippen LogP contribution in [0.4, 0.5) is 0 Å². The number of aliphatic hydroxyl groups is 1. The van der Waals surface area contributed by atoms with Crippen molar-refractivity contribution >= 4 is 22.6 Å². The molecular weight excluding hydrogens is 400 g/mol. The van der Waals surface area contributed by atoms with Gasteiger partial charge in [0, 0.05) is 11.4 Å². The van der Waals surface area contributed by atoms with E-state index >= 15 is 0 Å². The third-order valence-corrected chi connectivity index (χ3v) is 5.16. The Hall–Kier alpha value is -3.02. The minimum absolute atomic E-state index is 0.180. The number of rotatable bonds is 8. The molecule has 6 heteroatoms. The smallest absolute Gasteiger partial charge is 0.119 e. The van der Waals surface area contributed by atoms with Crippen molar-refractivity contribution in [3.8, 4) is 11.5 Å². The molecule has 0 amide bonds. The molecule has 0 aliphatic heterocycles. The summed E-state index contributed by atoms with van der Waals surface area (Å²) in [5.41, 5.74) is 3.01. The van der Waals surface area contributed by atoms with E-state index in [1.54, 1.807) is 7.11 Å². The van der Waals surface area contributed by atoms with Gasteiger partial charge >= 0.3 is 0 Å². The van der Waals surface area contributed by atoms with Crippen LogP contribution in [0.3, 0.4) is 0 Å². The largest absolute Gasteiger partial charge is 0.497 e. The van der Waals surface area contributed by atoms with Crippen molar-refractivity contribution < 1.29 is 14.6 Å². The number of hydrogen-bond acceptors (Lipinski definition) is 4. The summed E-state index contributed by atoms with van der Waals surface area (Å²) in [5, 5.41) is 11.4. The van der Waals surface area contributed by atoms with Gasteiger partial charge in [0.1, 0.15) is 30.0 Å². The normalized spacial score (nSPS) is 12.1. The Morgan fingerprint density at radius 1 is 0.967 bits per heavy atom. The van der Waals surface area contributed by atoms with E-state index < -0.39 is 6.10 Å². The Labute approximate surface area is 180 Å². The molecule has 0 fully saturated rings. The molecule has 0 aliphatic carbocycles. The molecule has 30 heavy (non-hydrogen) atoms. The summed E-state index contributed by atoms with van der Waals surface area (Å²) in [4.78, 5) is 4.78. The van der Waals surface area contributed by atoms with Crippen LogP contribution in [0.5, 0.6) is 11.5 Å². The van der Waals surface area contributed by atoms with E-state index in [0.717, 1.165) is 28.2 Å². The average Bonchev–Trinajstić information content (AvgIpc) is 3.11. The van der Waals surface area contributed by atoms with Crippen molar-refractivity contribution in [2.75, 3.05) is 13.7 Å². The molecular formula is C24H23ClN2O3. The van der Waals surface area contributed by atoms with Gasteiger partial charge in [-0.3, -0.25) is 0 Å². The summed E-state index contributed by atoms with van der Waals surface area (Å²) < 4.78 is 13.0. The fraction of sp³-hybridized carbons (Fsp3) is 0.208. The number of fused-ring (bicyclic) bond motifs is 1. The average molecular weight is 423 g/mol. The van der Waals surface area contributed by atoms with Crippen LogP contribution in [0.25, 0.3) is 11.0 Å². The van der Waals surface area contributed by atoms with Gasteiger partial charge < -0.3 is 19.1 Å². The molecule has 0 spiro atoms. The Bertz CT molecular complexity index is 1110. The van der Waals surface area contributed by atoms with E-state index in [0.29, 0.717) is 23.7 Å². The number of halogens is 1. The van der Waals surface area contributed by atoms with E-state index in [1.165, 1.54) is 0 Å². The maximum absolute atomic E-state index is 10.7. The van der Waals surface area contributed by atoms with E-state index in [2.05, 4.69) is 4.57 Å². The third-order valence-electron chi connectivity index (χ3n) is 4.90. The number of imidazole rings is 1. The predicted octanol–water partition coefficient (Wildman–Crippen LogP) is 4.73. The molecule has 0 radical (unpaired) electrons. The predicted molar refractivity (Wildman–Crippen MR) is 118 cm³/mol. The number of benzene rings is 3. The van der Waals surface area contributed by atoms with Crippen molar-refractivity contribution in [2.45, 2.75) is 19.1 Å². The monoisotopic (exact) mass is 422 g/mol. The van der Waals surface area contributed by atoms with Gasteiger partial charge in [0.05, 0.1) is 24.7 Å². The maximum atomic E-state index is 10.7. The minimum atomic E-state index is -0.686. The molecule has 1 N–H and O–H groups in total. The van der Waals surface area contributed by atoms with Crippen molar-refractivity contribution in [1.29, 1.82) is 0 Å². The molecule has 0 unspecified atom stereocenters. The zero-order valence-corrected chi connectivity index (χ0v) is 17.4. The van der Waals surface area contributed by atoms with Crippen molar-refractivity contribution in [3.63, 3.8) is 0 Å². The van der Waals surface area contributed by atoms with Gasteiger partial charge in [-0.15, -0.1) is 0 Å². The Balaban J connectivity index is 1.50. The Morgan fingerprint density at radius 2 is 1.67 bits per heavy atom. The van der Waals surface area contributed by atoms with E-state index in [4.69, 9.17) is 26.1 Å². The highest BCUT2D eigenvalue weighted by Gasteiger charge is 2.15. The van der Waals surface area contributed by atoms with Crippen molar-refractivity contribution in [3.05, 3.63) is 89.2 Å². The second kappa shape index (κ2) is 9.20. The lowest BCUT2D eigenvalue weighted by Crippen LogP contribution is -2.24. The minimum Gasteiger partial charge on any atom is -0.497 e. The molecule has 5 nitrogen and oxygen atoms in total. The van der Waals surface area contributed by atoms with Gasteiger partial charge in [0.25, 0.3) is 0 Å². The molecule has 4 rings (SSSR count). The molecule has 0 saturated heterocycles. The summed E-state index contributed by atoms with van der Waals surface area (Å²) >= 11 is 6.01. The van der Waals surface area contributed by atoms with Crippen LogP contribution in [0, 0.1) is 0 Å². The first kappa shape index (κ1) is 20.3. The summed E-state index contributed by atoms with van der Waals surface area (Å²) in [6.45, 7) is 0.568. The molecule has 0 aliphatic rings. The highest BCUT2D eigenvalue weighted by molar-refractivity contribution is 6.30. The molecule has 1 heterocycles. The SMILES string of the molecule is COc1ccc(OC[C@H](O)Cn2c(Cc3ccc(Cl)cc3)nc3ccccc32)cc1. The van der Waals surface area contributed by atoms with Crippen molar-refractivity contribution in [2.24, 2.45) is 0 Å². The number of hydrogen-bond donors (Lipinski definition) is 1. The quantitative estimate of drug-likeness (QED) is 0.446. The first-order valence-electron chi connectivity index (χ1n) is 9.76. The first-order chi connectivity index (χ1) is 14.6. The lowest BCUT2D eigenvalue weighted by molar-refractivity contribution is 0.0928. The number of aliphatic hydroxyl groups excluding tert-OH is 1. The number of aromatic nitrogens is 2. The maximum Gasteiger partial charge on any atom is 0.119 e. The molecule has 4 aromatic rings.